The molecular weight excluding hydrogens is 515 g/mol. The maximum atomic E-state index is 13.6. The predicted octanol–water partition coefficient (Wildman–Crippen LogP) is 2.73. The van der Waals surface area contributed by atoms with E-state index in [1.54, 1.807) is 16.8 Å². The Morgan fingerprint density at radius 1 is 1.15 bits per heavy atom. The fraction of sp³-hybridized carbons (Fsp3) is 0.280. The van der Waals surface area contributed by atoms with E-state index in [0.29, 0.717) is 21.8 Å². The van der Waals surface area contributed by atoms with E-state index in [0.717, 1.165) is 32.2 Å². The van der Waals surface area contributed by atoms with Crippen molar-refractivity contribution >= 4 is 43.0 Å². The van der Waals surface area contributed by atoms with Crippen molar-refractivity contribution in [2.75, 3.05) is 6.61 Å². The van der Waals surface area contributed by atoms with Crippen LogP contribution in [0.2, 0.25) is 10.2 Å². The zero-order chi connectivity index (χ0) is 24.2. The van der Waals surface area contributed by atoms with Crippen LogP contribution in [0, 0.1) is 6.92 Å². The minimum absolute atomic E-state index is 0.219. The number of aliphatic hydroxyl groups is 2. The van der Waals surface area contributed by atoms with Gasteiger partial charge in [-0.15, -0.1) is 0 Å². The first-order valence-corrected chi connectivity index (χ1v) is 14.0. The summed E-state index contributed by atoms with van der Waals surface area (Å²) in [5.41, 5.74) is 3.91. The summed E-state index contributed by atoms with van der Waals surface area (Å²) in [4.78, 5) is 27.3. The van der Waals surface area contributed by atoms with E-state index >= 15 is 0 Å². The Balaban J connectivity index is 1.84. The molecule has 7 nitrogen and oxygen atoms in total. The van der Waals surface area contributed by atoms with Crippen LogP contribution in [0.25, 0.3) is 33.4 Å². The molecule has 0 aliphatic rings. The van der Waals surface area contributed by atoms with E-state index in [-0.39, 0.29) is 25.1 Å². The van der Waals surface area contributed by atoms with E-state index in [1.807, 2.05) is 43.3 Å². The van der Waals surface area contributed by atoms with Crippen LogP contribution in [-0.4, -0.2) is 58.2 Å². The standard InChI is InChI=1S/C25H26AsClN4O3/c1-3-26-25-28-13-17-11-20(24(34)31(23(17)30-25)10-9-18(33)14-32)19-8-7-16(12-21(19)27)22-6-4-5-15(2)29-22/h4-8,11-13,18,26,32-33H,3,9-10,14H2,1-2H3/t18-/m0/s1. The van der Waals surface area contributed by atoms with Gasteiger partial charge in [0.15, 0.2) is 0 Å². The van der Waals surface area contributed by atoms with Gasteiger partial charge in [-0.05, 0) is 13.0 Å². The molecule has 176 valence electrons. The topological polar surface area (TPSA) is 101 Å². The van der Waals surface area contributed by atoms with Crippen LogP contribution >= 0.6 is 11.6 Å². The second kappa shape index (κ2) is 10.8. The third-order valence-corrected chi connectivity index (χ3v) is 7.73. The molecule has 0 aliphatic heterocycles. The first kappa shape index (κ1) is 24.5. The quantitative estimate of drug-likeness (QED) is 0.333. The number of aryl methyl sites for hydroxylation is 2. The normalized spacial score (nSPS) is 12.6. The summed E-state index contributed by atoms with van der Waals surface area (Å²) in [5, 5.41) is 21.3. The molecule has 0 saturated heterocycles. The molecule has 0 amide bonds. The van der Waals surface area contributed by atoms with Gasteiger partial charge in [0.2, 0.25) is 0 Å². The predicted molar refractivity (Wildman–Crippen MR) is 137 cm³/mol. The van der Waals surface area contributed by atoms with Crippen molar-refractivity contribution in [1.29, 1.82) is 0 Å². The van der Waals surface area contributed by atoms with E-state index in [9.17, 15) is 15.0 Å². The molecule has 0 bridgehead atoms. The minimum atomic E-state index is -0.916. The number of hydrogen-bond acceptors (Lipinski definition) is 6. The van der Waals surface area contributed by atoms with Crippen LogP contribution in [-0.2, 0) is 6.54 Å². The Labute approximate surface area is 209 Å². The maximum absolute atomic E-state index is 13.6. The Morgan fingerprint density at radius 3 is 2.68 bits per heavy atom. The summed E-state index contributed by atoms with van der Waals surface area (Å²) < 4.78 is 2.34. The summed E-state index contributed by atoms with van der Waals surface area (Å²) >= 11 is 6.20. The molecule has 0 fully saturated rings. The van der Waals surface area contributed by atoms with Gasteiger partial charge in [-0.2, -0.15) is 0 Å². The molecule has 4 aromatic rings. The zero-order valence-electron chi connectivity index (χ0n) is 19.0. The van der Waals surface area contributed by atoms with Crippen molar-refractivity contribution in [3.63, 3.8) is 0 Å². The van der Waals surface area contributed by atoms with Gasteiger partial charge in [0.05, 0.1) is 0 Å². The molecule has 0 radical (unpaired) electrons. The molecule has 34 heavy (non-hydrogen) atoms. The van der Waals surface area contributed by atoms with Crippen LogP contribution in [0.4, 0.5) is 0 Å². The number of halogens is 1. The number of aromatic nitrogens is 4. The van der Waals surface area contributed by atoms with Crippen LogP contribution in [0.5, 0.6) is 0 Å². The van der Waals surface area contributed by atoms with Gasteiger partial charge in [0.1, 0.15) is 0 Å². The number of aliphatic hydroxyl groups excluding tert-OH is 2. The molecule has 4 rings (SSSR count). The fourth-order valence-corrected chi connectivity index (χ4v) is 5.43. The summed E-state index contributed by atoms with van der Waals surface area (Å²) in [5.74, 6) is 0. The van der Waals surface area contributed by atoms with Crippen LogP contribution in [0.15, 0.2) is 53.5 Å². The molecular formula is C25H26AsClN4O3. The van der Waals surface area contributed by atoms with Gasteiger partial charge in [0.25, 0.3) is 0 Å². The summed E-state index contributed by atoms with van der Waals surface area (Å²) in [6, 6.07) is 13.1. The van der Waals surface area contributed by atoms with Crippen molar-refractivity contribution in [2.24, 2.45) is 0 Å². The Kier molecular flexibility index (Phi) is 7.79. The Hall–Kier alpha value is -2.57. The molecule has 0 spiro atoms. The van der Waals surface area contributed by atoms with Gasteiger partial charge < -0.3 is 0 Å². The zero-order valence-corrected chi connectivity index (χ0v) is 21.8. The second-order valence-electron chi connectivity index (χ2n) is 8.00. The monoisotopic (exact) mass is 540 g/mol. The van der Waals surface area contributed by atoms with Crippen molar-refractivity contribution in [1.82, 2.24) is 19.5 Å². The molecule has 0 saturated carbocycles. The van der Waals surface area contributed by atoms with Crippen molar-refractivity contribution in [3.05, 3.63) is 69.7 Å². The SMILES string of the molecule is CC[AsH]c1ncc2cc(-c3ccc(-c4cccc(C)n4)cc3Cl)c(=O)n(CC[C@H](O)CO)c2n1. The molecule has 0 aliphatic carbocycles. The number of pyridine rings is 2. The summed E-state index contributed by atoms with van der Waals surface area (Å²) in [6.45, 7) is 3.88. The van der Waals surface area contributed by atoms with Gasteiger partial charge in [-0.1, -0.05) is 6.07 Å². The molecule has 1 unspecified atom stereocenters. The van der Waals surface area contributed by atoms with Gasteiger partial charge in [-0.3, -0.25) is 0 Å². The number of nitrogens with zero attached hydrogens (tertiary/aromatic N) is 4. The second-order valence-corrected chi connectivity index (χ2v) is 11.6. The van der Waals surface area contributed by atoms with Crippen molar-refractivity contribution < 1.29 is 10.2 Å². The third-order valence-electron chi connectivity index (χ3n) is 5.50. The molecule has 1 aromatic carbocycles. The molecule has 3 aromatic heterocycles. The van der Waals surface area contributed by atoms with Gasteiger partial charge in [0, 0.05) is 5.69 Å². The van der Waals surface area contributed by atoms with Gasteiger partial charge >= 0.3 is 185 Å². The van der Waals surface area contributed by atoms with E-state index in [4.69, 9.17) is 11.6 Å². The Bertz CT molecular complexity index is 1390. The van der Waals surface area contributed by atoms with Crippen molar-refractivity contribution in [2.45, 2.75) is 38.1 Å². The number of benzene rings is 1. The third kappa shape index (κ3) is 5.23. The first-order chi connectivity index (χ1) is 16.4. The molecule has 9 heteroatoms. The number of hydrogen-bond donors (Lipinski definition) is 2. The van der Waals surface area contributed by atoms with Crippen LogP contribution in [0.1, 0.15) is 19.0 Å². The number of fused-ring (bicyclic) bond motifs is 1. The molecule has 2 N–H and O–H groups in total. The number of rotatable bonds is 8. The summed E-state index contributed by atoms with van der Waals surface area (Å²) in [7, 11) is 0. The van der Waals surface area contributed by atoms with E-state index < -0.39 is 21.9 Å². The van der Waals surface area contributed by atoms with Crippen LogP contribution < -0.4 is 10.2 Å². The average molecular weight is 541 g/mol. The molecule has 3 heterocycles. The summed E-state index contributed by atoms with van der Waals surface area (Å²) in [6.07, 6.45) is 1.06. The van der Waals surface area contributed by atoms with Gasteiger partial charge in [-0.25, -0.2) is 0 Å². The average Bonchev–Trinajstić information content (AvgIpc) is 2.83. The Morgan fingerprint density at radius 2 is 1.97 bits per heavy atom. The van der Waals surface area contributed by atoms with E-state index in [2.05, 4.69) is 21.9 Å². The molecule has 2 atom stereocenters. The van der Waals surface area contributed by atoms with E-state index in [1.165, 1.54) is 0 Å². The van der Waals surface area contributed by atoms with Crippen molar-refractivity contribution in [3.8, 4) is 22.4 Å². The fourth-order valence-electron chi connectivity index (χ4n) is 3.77. The van der Waals surface area contributed by atoms with Crippen LogP contribution in [0.3, 0.4) is 0 Å². The first-order valence-electron chi connectivity index (χ1n) is 11.1.